The van der Waals surface area contributed by atoms with Crippen LogP contribution in [0.1, 0.15) is 0 Å². The lowest BCUT2D eigenvalue weighted by molar-refractivity contribution is 0.597. The molecule has 0 atom stereocenters. The molecule has 0 saturated heterocycles. The summed E-state index contributed by atoms with van der Waals surface area (Å²) in [5.41, 5.74) is -0.202. The monoisotopic (exact) mass is 316 g/mol. The molecule has 1 aromatic heterocycles. The molecular weight excluding hydrogens is 307 g/mol. The Kier molecular flexibility index (Phi) is 4.05. The SMILES string of the molecule is CNc1ncc(S(=O)(=O)Nc2ccc(Cl)cc2F)cn1. The van der Waals surface area contributed by atoms with Gasteiger partial charge in [0.1, 0.15) is 10.7 Å². The third-order valence-electron chi connectivity index (χ3n) is 2.34. The van der Waals surface area contributed by atoms with Crippen molar-refractivity contribution >= 4 is 33.3 Å². The minimum Gasteiger partial charge on any atom is -0.357 e. The van der Waals surface area contributed by atoms with E-state index in [2.05, 4.69) is 20.0 Å². The third-order valence-corrected chi connectivity index (χ3v) is 3.89. The number of rotatable bonds is 4. The Balaban J connectivity index is 2.30. The van der Waals surface area contributed by atoms with Crippen molar-refractivity contribution in [3.63, 3.8) is 0 Å². The molecule has 0 radical (unpaired) electrons. The number of aromatic nitrogens is 2. The van der Waals surface area contributed by atoms with Crippen LogP contribution in [-0.4, -0.2) is 25.4 Å². The molecule has 0 unspecified atom stereocenters. The Labute approximate surface area is 120 Å². The second-order valence-corrected chi connectivity index (χ2v) is 5.84. The fourth-order valence-corrected chi connectivity index (χ4v) is 2.47. The highest BCUT2D eigenvalue weighted by Gasteiger charge is 2.17. The molecule has 106 valence electrons. The van der Waals surface area contributed by atoms with Crippen LogP contribution in [0.25, 0.3) is 0 Å². The maximum absolute atomic E-state index is 13.6. The zero-order valence-corrected chi connectivity index (χ0v) is 11.8. The summed E-state index contributed by atoms with van der Waals surface area (Å²) >= 11 is 5.59. The molecule has 20 heavy (non-hydrogen) atoms. The molecular formula is C11H10ClFN4O2S. The standard InChI is InChI=1S/C11H10ClFN4O2S/c1-14-11-15-5-8(6-16-11)20(18,19)17-10-3-2-7(12)4-9(10)13/h2-6,17H,1H3,(H,14,15,16). The lowest BCUT2D eigenvalue weighted by Gasteiger charge is -2.09. The van der Waals surface area contributed by atoms with E-state index in [-0.39, 0.29) is 21.6 Å². The number of nitrogens with one attached hydrogen (secondary N) is 2. The van der Waals surface area contributed by atoms with Crippen molar-refractivity contribution in [3.05, 3.63) is 41.4 Å². The Morgan fingerprint density at radius 1 is 1.25 bits per heavy atom. The number of anilines is 2. The van der Waals surface area contributed by atoms with Gasteiger partial charge >= 0.3 is 0 Å². The van der Waals surface area contributed by atoms with Gasteiger partial charge in [-0.25, -0.2) is 22.8 Å². The largest absolute Gasteiger partial charge is 0.357 e. The van der Waals surface area contributed by atoms with E-state index in [0.717, 1.165) is 18.5 Å². The van der Waals surface area contributed by atoms with Crippen molar-refractivity contribution in [3.8, 4) is 0 Å². The molecule has 9 heteroatoms. The highest BCUT2D eigenvalue weighted by Crippen LogP contribution is 2.21. The fourth-order valence-electron chi connectivity index (χ4n) is 1.36. The highest BCUT2D eigenvalue weighted by molar-refractivity contribution is 7.92. The zero-order chi connectivity index (χ0) is 14.8. The average Bonchev–Trinajstić information content (AvgIpc) is 2.42. The van der Waals surface area contributed by atoms with Gasteiger partial charge in [-0.1, -0.05) is 11.6 Å². The lowest BCUT2D eigenvalue weighted by atomic mass is 10.3. The molecule has 0 aliphatic carbocycles. The van der Waals surface area contributed by atoms with Crippen molar-refractivity contribution in [2.75, 3.05) is 17.1 Å². The summed E-state index contributed by atoms with van der Waals surface area (Å²) in [6, 6.07) is 3.63. The molecule has 0 spiro atoms. The van der Waals surface area contributed by atoms with E-state index >= 15 is 0 Å². The first-order chi connectivity index (χ1) is 9.42. The Bertz CT molecular complexity index is 722. The van der Waals surface area contributed by atoms with Crippen LogP contribution in [0.2, 0.25) is 5.02 Å². The normalized spacial score (nSPS) is 11.2. The summed E-state index contributed by atoms with van der Waals surface area (Å²) in [7, 11) is -2.36. The van der Waals surface area contributed by atoms with Crippen LogP contribution in [0, 0.1) is 5.82 Å². The van der Waals surface area contributed by atoms with Crippen LogP contribution in [0.4, 0.5) is 16.0 Å². The second kappa shape index (κ2) is 5.59. The van der Waals surface area contributed by atoms with Gasteiger partial charge in [0.15, 0.2) is 0 Å². The number of hydrogen-bond acceptors (Lipinski definition) is 5. The minimum absolute atomic E-state index is 0.173. The molecule has 0 amide bonds. The molecule has 2 aromatic rings. The van der Waals surface area contributed by atoms with E-state index in [0.29, 0.717) is 0 Å². The summed E-state index contributed by atoms with van der Waals surface area (Å²) in [5, 5.41) is 2.83. The first-order valence-electron chi connectivity index (χ1n) is 5.40. The summed E-state index contributed by atoms with van der Waals surface area (Å²) < 4.78 is 39.7. The third kappa shape index (κ3) is 3.14. The molecule has 6 nitrogen and oxygen atoms in total. The van der Waals surface area contributed by atoms with E-state index in [1.165, 1.54) is 12.1 Å². The van der Waals surface area contributed by atoms with Gasteiger partial charge in [-0.15, -0.1) is 0 Å². The van der Waals surface area contributed by atoms with Crippen molar-refractivity contribution in [2.45, 2.75) is 4.90 Å². The van der Waals surface area contributed by atoms with Crippen molar-refractivity contribution < 1.29 is 12.8 Å². The highest BCUT2D eigenvalue weighted by atomic mass is 35.5. The van der Waals surface area contributed by atoms with Crippen molar-refractivity contribution in [2.24, 2.45) is 0 Å². The zero-order valence-electron chi connectivity index (χ0n) is 10.3. The maximum Gasteiger partial charge on any atom is 0.265 e. The van der Waals surface area contributed by atoms with Gasteiger partial charge in [0, 0.05) is 12.1 Å². The van der Waals surface area contributed by atoms with Crippen molar-refractivity contribution in [1.82, 2.24) is 9.97 Å². The topological polar surface area (TPSA) is 84.0 Å². The molecule has 2 rings (SSSR count). The lowest BCUT2D eigenvalue weighted by Crippen LogP contribution is -2.15. The molecule has 0 fully saturated rings. The van der Waals surface area contributed by atoms with E-state index in [1.807, 2.05) is 0 Å². The second-order valence-electron chi connectivity index (χ2n) is 3.72. The Morgan fingerprint density at radius 2 is 1.90 bits per heavy atom. The predicted octanol–water partition coefficient (Wildman–Crippen LogP) is 2.11. The molecule has 0 aliphatic rings. The molecule has 1 heterocycles. The van der Waals surface area contributed by atoms with Gasteiger partial charge in [0.05, 0.1) is 18.1 Å². The molecule has 0 bridgehead atoms. The predicted molar refractivity (Wildman–Crippen MR) is 73.8 cm³/mol. The van der Waals surface area contributed by atoms with Crippen LogP contribution in [0.15, 0.2) is 35.5 Å². The van der Waals surface area contributed by atoms with Gasteiger partial charge < -0.3 is 5.32 Å². The van der Waals surface area contributed by atoms with E-state index < -0.39 is 15.8 Å². The quantitative estimate of drug-likeness (QED) is 0.902. The van der Waals surface area contributed by atoms with Gasteiger partial charge in [-0.2, -0.15) is 0 Å². The van der Waals surface area contributed by atoms with E-state index in [1.54, 1.807) is 7.05 Å². The maximum atomic E-state index is 13.6. The fraction of sp³-hybridized carbons (Fsp3) is 0.0909. The summed E-state index contributed by atoms with van der Waals surface area (Å²) in [6.07, 6.45) is 2.24. The molecule has 2 N–H and O–H groups in total. The van der Waals surface area contributed by atoms with Gasteiger partial charge in [0.25, 0.3) is 10.0 Å². The van der Waals surface area contributed by atoms with Crippen LogP contribution < -0.4 is 10.0 Å². The summed E-state index contributed by atoms with van der Waals surface area (Å²) in [5.74, 6) is -0.490. The van der Waals surface area contributed by atoms with Crippen LogP contribution in [0.5, 0.6) is 0 Å². The number of halogens is 2. The number of sulfonamides is 1. The number of benzene rings is 1. The van der Waals surface area contributed by atoms with Gasteiger partial charge in [0.2, 0.25) is 5.95 Å². The van der Waals surface area contributed by atoms with Crippen molar-refractivity contribution in [1.29, 1.82) is 0 Å². The number of nitrogens with zero attached hydrogens (tertiary/aromatic N) is 2. The van der Waals surface area contributed by atoms with Gasteiger partial charge in [-0.3, -0.25) is 4.72 Å². The summed E-state index contributed by atoms with van der Waals surface area (Å²) in [6.45, 7) is 0. The average molecular weight is 317 g/mol. The summed E-state index contributed by atoms with van der Waals surface area (Å²) in [4.78, 5) is 7.40. The van der Waals surface area contributed by atoms with Gasteiger partial charge in [-0.05, 0) is 18.2 Å². The van der Waals surface area contributed by atoms with E-state index in [4.69, 9.17) is 11.6 Å². The van der Waals surface area contributed by atoms with Crippen LogP contribution in [0.3, 0.4) is 0 Å². The Hall–Kier alpha value is -1.93. The molecule has 0 aliphatic heterocycles. The first-order valence-corrected chi connectivity index (χ1v) is 7.26. The first kappa shape index (κ1) is 14.5. The molecule has 0 saturated carbocycles. The Morgan fingerprint density at radius 3 is 2.45 bits per heavy atom. The molecule has 1 aromatic carbocycles. The van der Waals surface area contributed by atoms with E-state index in [9.17, 15) is 12.8 Å². The minimum atomic E-state index is -3.96. The van der Waals surface area contributed by atoms with Crippen LogP contribution >= 0.6 is 11.6 Å². The smallest absolute Gasteiger partial charge is 0.265 e. The van der Waals surface area contributed by atoms with Crippen LogP contribution in [-0.2, 0) is 10.0 Å². The number of hydrogen-bond donors (Lipinski definition) is 2.